The Labute approximate surface area is 112 Å². The molecule has 2 aromatic rings. The minimum Gasteiger partial charge on any atom is -0.461 e. The Morgan fingerprint density at radius 1 is 1.21 bits per heavy atom. The van der Waals surface area contributed by atoms with Crippen molar-refractivity contribution in [2.75, 3.05) is 6.61 Å². The van der Waals surface area contributed by atoms with E-state index in [9.17, 15) is 4.79 Å². The molecule has 0 amide bonds. The van der Waals surface area contributed by atoms with E-state index in [1.165, 1.54) is 10.4 Å². The average Bonchev–Trinajstić information content (AvgIpc) is 2.81. The summed E-state index contributed by atoms with van der Waals surface area (Å²) >= 11 is 0. The number of nitrogens with zero attached hydrogens (tertiary/aromatic N) is 3. The van der Waals surface area contributed by atoms with Gasteiger partial charge in [-0.15, -0.1) is 5.10 Å². The van der Waals surface area contributed by atoms with Crippen LogP contribution < -0.4 is 0 Å². The second-order valence-electron chi connectivity index (χ2n) is 4.16. The molecule has 0 aliphatic rings. The third-order valence-electron chi connectivity index (χ3n) is 2.83. The van der Waals surface area contributed by atoms with Gasteiger partial charge in [0.1, 0.15) is 0 Å². The molecular formula is C14H17N3O2. The van der Waals surface area contributed by atoms with E-state index >= 15 is 0 Å². The molecule has 1 heterocycles. The number of aryl methyl sites for hydroxylation is 2. The number of carbonyl (C=O) groups excluding carboxylic acids is 1. The van der Waals surface area contributed by atoms with E-state index in [1.807, 2.05) is 24.3 Å². The predicted octanol–water partition coefficient (Wildman–Crippen LogP) is 2.31. The van der Waals surface area contributed by atoms with Crippen LogP contribution in [-0.4, -0.2) is 27.6 Å². The van der Waals surface area contributed by atoms with Gasteiger partial charge in [-0.25, -0.2) is 4.79 Å². The standard InChI is InChI=1S/C14H17N3O2/c1-4-11-6-8-12(9-7-11)17-15-10(3)13(16-17)14(18)19-5-2/h6-9H,4-5H2,1-3H3. The molecule has 2 rings (SSSR count). The summed E-state index contributed by atoms with van der Waals surface area (Å²) in [6, 6.07) is 7.93. The summed E-state index contributed by atoms with van der Waals surface area (Å²) in [7, 11) is 0. The number of hydrogen-bond acceptors (Lipinski definition) is 4. The number of benzene rings is 1. The van der Waals surface area contributed by atoms with Crippen molar-refractivity contribution in [3.63, 3.8) is 0 Å². The van der Waals surface area contributed by atoms with E-state index in [0.717, 1.165) is 12.1 Å². The molecule has 0 atom stereocenters. The zero-order valence-corrected chi connectivity index (χ0v) is 11.4. The average molecular weight is 259 g/mol. The van der Waals surface area contributed by atoms with Crippen LogP contribution in [0.2, 0.25) is 0 Å². The van der Waals surface area contributed by atoms with E-state index in [-0.39, 0.29) is 5.69 Å². The largest absolute Gasteiger partial charge is 0.461 e. The van der Waals surface area contributed by atoms with E-state index < -0.39 is 5.97 Å². The van der Waals surface area contributed by atoms with Crippen molar-refractivity contribution in [1.82, 2.24) is 15.0 Å². The molecule has 0 aliphatic heterocycles. The van der Waals surface area contributed by atoms with Crippen LogP contribution in [-0.2, 0) is 11.2 Å². The van der Waals surface area contributed by atoms with Crippen LogP contribution in [0.4, 0.5) is 0 Å². The molecule has 1 aromatic heterocycles. The molecule has 0 aliphatic carbocycles. The van der Waals surface area contributed by atoms with Gasteiger partial charge in [0.15, 0.2) is 5.69 Å². The highest BCUT2D eigenvalue weighted by Gasteiger charge is 2.17. The molecular weight excluding hydrogens is 242 g/mol. The molecule has 5 nitrogen and oxygen atoms in total. The summed E-state index contributed by atoms with van der Waals surface area (Å²) in [5, 5.41) is 8.43. The fraction of sp³-hybridized carbons (Fsp3) is 0.357. The zero-order chi connectivity index (χ0) is 13.8. The molecule has 0 spiro atoms. The Hall–Kier alpha value is -2.17. The van der Waals surface area contributed by atoms with Crippen molar-refractivity contribution in [2.24, 2.45) is 0 Å². The van der Waals surface area contributed by atoms with Gasteiger partial charge in [-0.3, -0.25) is 0 Å². The van der Waals surface area contributed by atoms with Crippen LogP contribution in [0, 0.1) is 6.92 Å². The van der Waals surface area contributed by atoms with Gasteiger partial charge >= 0.3 is 5.97 Å². The lowest BCUT2D eigenvalue weighted by Gasteiger charge is -2.01. The summed E-state index contributed by atoms with van der Waals surface area (Å²) < 4.78 is 4.94. The molecule has 100 valence electrons. The van der Waals surface area contributed by atoms with Gasteiger partial charge in [0, 0.05) is 0 Å². The molecule has 0 radical (unpaired) electrons. The molecule has 0 bridgehead atoms. The summed E-state index contributed by atoms with van der Waals surface area (Å²) in [4.78, 5) is 13.1. The van der Waals surface area contributed by atoms with E-state index in [4.69, 9.17) is 4.74 Å². The quantitative estimate of drug-likeness (QED) is 0.791. The first-order valence-electron chi connectivity index (χ1n) is 6.36. The number of rotatable bonds is 4. The summed E-state index contributed by atoms with van der Waals surface area (Å²) in [6.45, 7) is 5.94. The minimum absolute atomic E-state index is 0.265. The predicted molar refractivity (Wildman–Crippen MR) is 71.4 cm³/mol. The molecule has 0 saturated carbocycles. The topological polar surface area (TPSA) is 57.0 Å². The van der Waals surface area contributed by atoms with E-state index in [2.05, 4.69) is 17.1 Å². The van der Waals surface area contributed by atoms with Gasteiger partial charge in [-0.1, -0.05) is 19.1 Å². The smallest absolute Gasteiger partial charge is 0.360 e. The van der Waals surface area contributed by atoms with Crippen molar-refractivity contribution in [1.29, 1.82) is 0 Å². The lowest BCUT2D eigenvalue weighted by atomic mass is 10.2. The highest BCUT2D eigenvalue weighted by molar-refractivity contribution is 5.88. The Balaban J connectivity index is 2.30. The highest BCUT2D eigenvalue weighted by Crippen LogP contribution is 2.11. The van der Waals surface area contributed by atoms with Gasteiger partial charge in [-0.2, -0.15) is 9.90 Å². The Bertz CT molecular complexity index is 573. The fourth-order valence-electron chi connectivity index (χ4n) is 1.75. The Morgan fingerprint density at radius 2 is 1.89 bits per heavy atom. The van der Waals surface area contributed by atoms with Gasteiger partial charge < -0.3 is 4.74 Å². The van der Waals surface area contributed by atoms with Gasteiger partial charge in [0.2, 0.25) is 0 Å². The molecule has 0 N–H and O–H groups in total. The monoisotopic (exact) mass is 259 g/mol. The van der Waals surface area contributed by atoms with Gasteiger partial charge in [0.25, 0.3) is 0 Å². The number of aromatic nitrogens is 3. The zero-order valence-electron chi connectivity index (χ0n) is 11.4. The molecule has 0 fully saturated rings. The minimum atomic E-state index is -0.434. The van der Waals surface area contributed by atoms with Crippen LogP contribution in [0.25, 0.3) is 5.69 Å². The SMILES string of the molecule is CCOC(=O)c1nn(-c2ccc(CC)cc2)nc1C. The first-order chi connectivity index (χ1) is 9.15. The highest BCUT2D eigenvalue weighted by atomic mass is 16.5. The first kappa shape index (κ1) is 13.3. The third-order valence-corrected chi connectivity index (χ3v) is 2.83. The van der Waals surface area contributed by atoms with Gasteiger partial charge in [0.05, 0.1) is 18.0 Å². The van der Waals surface area contributed by atoms with Crippen molar-refractivity contribution in [2.45, 2.75) is 27.2 Å². The number of esters is 1. The van der Waals surface area contributed by atoms with Crippen LogP contribution in [0.15, 0.2) is 24.3 Å². The second-order valence-corrected chi connectivity index (χ2v) is 4.16. The second kappa shape index (κ2) is 5.65. The van der Waals surface area contributed by atoms with E-state index in [0.29, 0.717) is 12.3 Å². The maximum atomic E-state index is 11.7. The Morgan fingerprint density at radius 3 is 2.47 bits per heavy atom. The molecule has 0 saturated heterocycles. The van der Waals surface area contributed by atoms with E-state index in [1.54, 1.807) is 13.8 Å². The Kier molecular flexibility index (Phi) is 3.94. The van der Waals surface area contributed by atoms with Crippen LogP contribution >= 0.6 is 0 Å². The van der Waals surface area contributed by atoms with Crippen molar-refractivity contribution < 1.29 is 9.53 Å². The summed E-state index contributed by atoms with van der Waals surface area (Å²) in [5.41, 5.74) is 2.91. The van der Waals surface area contributed by atoms with Crippen LogP contribution in [0.5, 0.6) is 0 Å². The normalized spacial score (nSPS) is 10.5. The van der Waals surface area contributed by atoms with Gasteiger partial charge in [-0.05, 0) is 38.0 Å². The molecule has 5 heteroatoms. The van der Waals surface area contributed by atoms with Crippen molar-refractivity contribution in [3.8, 4) is 5.69 Å². The van der Waals surface area contributed by atoms with Crippen molar-refractivity contribution >= 4 is 5.97 Å². The first-order valence-corrected chi connectivity index (χ1v) is 6.36. The molecule has 1 aromatic carbocycles. The lowest BCUT2D eigenvalue weighted by molar-refractivity contribution is 0.0518. The summed E-state index contributed by atoms with van der Waals surface area (Å²) in [5.74, 6) is -0.434. The maximum absolute atomic E-state index is 11.7. The fourth-order valence-corrected chi connectivity index (χ4v) is 1.75. The maximum Gasteiger partial charge on any atom is 0.360 e. The number of ether oxygens (including phenoxy) is 1. The van der Waals surface area contributed by atoms with Crippen LogP contribution in [0.3, 0.4) is 0 Å². The molecule has 19 heavy (non-hydrogen) atoms. The van der Waals surface area contributed by atoms with Crippen LogP contribution in [0.1, 0.15) is 35.6 Å². The lowest BCUT2D eigenvalue weighted by Crippen LogP contribution is -2.07. The number of hydrogen-bond donors (Lipinski definition) is 0. The summed E-state index contributed by atoms with van der Waals surface area (Å²) in [6.07, 6.45) is 0.986. The van der Waals surface area contributed by atoms with Crippen molar-refractivity contribution in [3.05, 3.63) is 41.2 Å². The number of carbonyl (C=O) groups is 1. The molecule has 0 unspecified atom stereocenters. The third kappa shape index (κ3) is 2.81.